The molecule has 31 heavy (non-hydrogen) atoms. The Labute approximate surface area is 195 Å². The van der Waals surface area contributed by atoms with Gasteiger partial charge in [-0.25, -0.2) is 0 Å². The predicted molar refractivity (Wildman–Crippen MR) is 120 cm³/mol. The molecule has 1 aromatic carbocycles. The van der Waals surface area contributed by atoms with Crippen molar-refractivity contribution >= 4 is 65.8 Å². The Hall–Kier alpha value is -1.91. The maximum atomic E-state index is 12.5. The lowest BCUT2D eigenvalue weighted by molar-refractivity contribution is -0.140. The van der Waals surface area contributed by atoms with Crippen molar-refractivity contribution in [3.63, 3.8) is 0 Å². The first-order valence-electron chi connectivity index (χ1n) is 9.61. The van der Waals surface area contributed by atoms with E-state index in [9.17, 15) is 19.2 Å². The van der Waals surface area contributed by atoms with E-state index in [1.807, 2.05) is 13.8 Å². The number of amides is 2. The summed E-state index contributed by atoms with van der Waals surface area (Å²) in [7, 11) is -1.26. The Morgan fingerprint density at radius 3 is 2.65 bits per heavy atom. The summed E-state index contributed by atoms with van der Waals surface area (Å²) < 4.78 is 10.6. The highest BCUT2D eigenvalue weighted by molar-refractivity contribution is 8.01. The van der Waals surface area contributed by atoms with Crippen LogP contribution in [0.1, 0.15) is 37.6 Å². The standard InChI is InChI=1S/C19H23BCl2N2O6S/c1-10(2)6-15(20-29-17(26)9-31-11(3)19(28)30-20)24-16(25)8-23-18(27)13-7-12(21)4-5-14(13)22/h4-5,7,10-11,15H,6,8-9H2,1-3H3,(H,23,27)(H,24,25)/t11?,15-/m0/s1. The molecule has 2 N–H and O–H groups in total. The molecule has 0 radical (unpaired) electrons. The first-order chi connectivity index (χ1) is 14.6. The van der Waals surface area contributed by atoms with Gasteiger partial charge in [0.1, 0.15) is 0 Å². The minimum atomic E-state index is -1.26. The Balaban J connectivity index is 2.04. The normalized spacial score (nSPS) is 17.9. The van der Waals surface area contributed by atoms with Gasteiger partial charge in [-0.05, 0) is 37.5 Å². The number of carbonyl (C=O) groups excluding carboxylic acids is 4. The summed E-state index contributed by atoms with van der Waals surface area (Å²) in [6, 6.07) is 4.42. The van der Waals surface area contributed by atoms with Gasteiger partial charge in [0.05, 0.1) is 34.1 Å². The van der Waals surface area contributed by atoms with Crippen LogP contribution in [-0.2, 0) is 23.7 Å². The van der Waals surface area contributed by atoms with Crippen LogP contribution in [0, 0.1) is 5.92 Å². The zero-order valence-corrected chi connectivity index (χ0v) is 19.6. The molecule has 0 aromatic heterocycles. The minimum Gasteiger partial charge on any atom is -0.497 e. The van der Waals surface area contributed by atoms with E-state index >= 15 is 0 Å². The summed E-state index contributed by atoms with van der Waals surface area (Å²) >= 11 is 13.0. The zero-order valence-electron chi connectivity index (χ0n) is 17.3. The average Bonchev–Trinajstić information content (AvgIpc) is 2.69. The highest BCUT2D eigenvalue weighted by atomic mass is 35.5. The third kappa shape index (κ3) is 7.94. The molecule has 2 atom stereocenters. The van der Waals surface area contributed by atoms with E-state index in [1.165, 1.54) is 12.1 Å². The molecule has 168 valence electrons. The fourth-order valence-corrected chi connectivity index (χ4v) is 3.78. The second-order valence-electron chi connectivity index (χ2n) is 7.36. The van der Waals surface area contributed by atoms with Gasteiger partial charge in [-0.1, -0.05) is 37.0 Å². The number of hydrogen-bond acceptors (Lipinski definition) is 7. The van der Waals surface area contributed by atoms with Gasteiger partial charge in [-0.2, -0.15) is 0 Å². The highest BCUT2D eigenvalue weighted by Crippen LogP contribution is 2.21. The van der Waals surface area contributed by atoms with E-state index in [4.69, 9.17) is 32.5 Å². The van der Waals surface area contributed by atoms with Crippen LogP contribution < -0.4 is 10.6 Å². The predicted octanol–water partition coefficient (Wildman–Crippen LogP) is 2.50. The fourth-order valence-electron chi connectivity index (χ4n) is 2.75. The van der Waals surface area contributed by atoms with Crippen molar-refractivity contribution in [3.05, 3.63) is 33.8 Å². The van der Waals surface area contributed by atoms with Crippen LogP contribution in [0.25, 0.3) is 0 Å². The molecular formula is C19H23BCl2N2O6S. The van der Waals surface area contributed by atoms with Gasteiger partial charge < -0.3 is 19.9 Å². The van der Waals surface area contributed by atoms with Gasteiger partial charge in [0.15, 0.2) is 0 Å². The van der Waals surface area contributed by atoms with Crippen LogP contribution in [0.5, 0.6) is 0 Å². The van der Waals surface area contributed by atoms with Gasteiger partial charge in [0, 0.05) is 5.02 Å². The van der Waals surface area contributed by atoms with Gasteiger partial charge in [0.25, 0.3) is 5.91 Å². The molecule has 2 rings (SSSR count). The topological polar surface area (TPSA) is 111 Å². The van der Waals surface area contributed by atoms with Crippen LogP contribution in [0.2, 0.25) is 10.0 Å². The van der Waals surface area contributed by atoms with Crippen molar-refractivity contribution in [1.29, 1.82) is 0 Å². The van der Waals surface area contributed by atoms with Gasteiger partial charge in [-0.3, -0.25) is 19.2 Å². The maximum Gasteiger partial charge on any atom is 0.622 e. The van der Waals surface area contributed by atoms with Crippen LogP contribution in [0.3, 0.4) is 0 Å². The quantitative estimate of drug-likeness (QED) is 0.567. The molecule has 1 heterocycles. The second kappa shape index (κ2) is 11.6. The zero-order chi connectivity index (χ0) is 23.1. The SMILES string of the molecule is CC(C)C[C@H](NC(=O)CNC(=O)c1cc(Cl)ccc1Cl)B1OC(=O)CSC(C)C(=O)O1. The van der Waals surface area contributed by atoms with Crippen LogP contribution in [0.15, 0.2) is 18.2 Å². The summed E-state index contributed by atoms with van der Waals surface area (Å²) in [4.78, 5) is 48.9. The lowest BCUT2D eigenvalue weighted by atomic mass is 9.73. The molecule has 2 amide bonds. The fraction of sp³-hybridized carbons (Fsp3) is 0.474. The van der Waals surface area contributed by atoms with E-state index < -0.39 is 42.1 Å². The maximum absolute atomic E-state index is 12.5. The largest absolute Gasteiger partial charge is 0.622 e. The Morgan fingerprint density at radius 1 is 1.26 bits per heavy atom. The van der Waals surface area contributed by atoms with E-state index in [0.29, 0.717) is 11.4 Å². The molecule has 1 aromatic rings. The molecule has 8 nitrogen and oxygen atoms in total. The van der Waals surface area contributed by atoms with Gasteiger partial charge in [0.2, 0.25) is 5.91 Å². The third-order valence-corrected chi connectivity index (χ3v) is 5.91. The number of carbonyl (C=O) groups is 4. The lowest BCUT2D eigenvalue weighted by Crippen LogP contribution is -2.54. The molecule has 0 spiro atoms. The number of hydrogen-bond donors (Lipinski definition) is 2. The Morgan fingerprint density at radius 2 is 1.97 bits per heavy atom. The smallest absolute Gasteiger partial charge is 0.497 e. The second-order valence-corrected chi connectivity index (χ2v) is 9.53. The summed E-state index contributed by atoms with van der Waals surface area (Å²) in [6.45, 7) is 5.09. The monoisotopic (exact) mass is 488 g/mol. The molecule has 0 bridgehead atoms. The average molecular weight is 489 g/mol. The third-order valence-electron chi connectivity index (χ3n) is 4.25. The molecule has 12 heteroatoms. The van der Waals surface area contributed by atoms with Crippen LogP contribution in [0.4, 0.5) is 0 Å². The Bertz CT molecular complexity index is 857. The van der Waals surface area contributed by atoms with E-state index in [-0.39, 0.29) is 28.8 Å². The number of thioether (sulfide) groups is 1. The molecule has 1 aliphatic heterocycles. The molecule has 0 saturated carbocycles. The van der Waals surface area contributed by atoms with Crippen molar-refractivity contribution in [2.45, 2.75) is 38.4 Å². The number of rotatable bonds is 7. The molecule has 1 unspecified atom stereocenters. The van der Waals surface area contributed by atoms with E-state index in [0.717, 1.165) is 11.8 Å². The first kappa shape index (κ1) is 25.4. The summed E-state index contributed by atoms with van der Waals surface area (Å²) in [5, 5.41) is 5.13. The summed E-state index contributed by atoms with van der Waals surface area (Å²) in [5.41, 5.74) is 0.134. The van der Waals surface area contributed by atoms with Crippen molar-refractivity contribution < 1.29 is 28.5 Å². The molecular weight excluding hydrogens is 466 g/mol. The number of halogens is 2. The van der Waals surface area contributed by atoms with Gasteiger partial charge >= 0.3 is 19.1 Å². The number of benzene rings is 1. The van der Waals surface area contributed by atoms with Crippen LogP contribution >= 0.6 is 35.0 Å². The van der Waals surface area contributed by atoms with Crippen molar-refractivity contribution in [1.82, 2.24) is 10.6 Å². The van der Waals surface area contributed by atoms with E-state index in [2.05, 4.69) is 10.6 Å². The van der Waals surface area contributed by atoms with Crippen molar-refractivity contribution in [2.24, 2.45) is 5.92 Å². The van der Waals surface area contributed by atoms with E-state index in [1.54, 1.807) is 13.0 Å². The van der Waals surface area contributed by atoms with Gasteiger partial charge in [-0.15, -0.1) is 11.8 Å². The number of nitrogens with one attached hydrogen (secondary N) is 2. The summed E-state index contributed by atoms with van der Waals surface area (Å²) in [5.74, 6) is -2.87. The Kier molecular flexibility index (Phi) is 9.52. The molecule has 0 aliphatic carbocycles. The van der Waals surface area contributed by atoms with Crippen LogP contribution in [-0.4, -0.2) is 54.4 Å². The minimum absolute atomic E-state index is 0.00552. The summed E-state index contributed by atoms with van der Waals surface area (Å²) in [6.07, 6.45) is 0.382. The molecule has 1 fully saturated rings. The molecule has 1 saturated heterocycles. The van der Waals surface area contributed by atoms with Crippen molar-refractivity contribution in [3.8, 4) is 0 Å². The lowest BCUT2D eigenvalue weighted by Gasteiger charge is -2.27. The molecule has 1 aliphatic rings. The first-order valence-corrected chi connectivity index (χ1v) is 11.4. The highest BCUT2D eigenvalue weighted by Gasteiger charge is 2.41. The van der Waals surface area contributed by atoms with Crippen molar-refractivity contribution in [2.75, 3.05) is 12.3 Å².